The van der Waals surface area contributed by atoms with Gasteiger partial charge in [-0.25, -0.2) is 4.39 Å². The molecule has 0 unspecified atom stereocenters. The van der Waals surface area contributed by atoms with E-state index in [1.54, 1.807) is 12.1 Å². The first-order valence-corrected chi connectivity index (χ1v) is 12.7. The number of amides is 1. The van der Waals surface area contributed by atoms with Crippen LogP contribution in [-0.2, 0) is 6.54 Å². The van der Waals surface area contributed by atoms with Crippen LogP contribution >= 0.6 is 0 Å². The third-order valence-corrected chi connectivity index (χ3v) is 7.32. The number of benzene rings is 4. The molecule has 4 aromatic carbocycles. The number of hydrogen-bond acceptors (Lipinski definition) is 2. The van der Waals surface area contributed by atoms with Gasteiger partial charge in [0.05, 0.1) is 13.2 Å². The molecule has 1 atom stereocenters. The van der Waals surface area contributed by atoms with Crippen molar-refractivity contribution in [2.75, 3.05) is 7.11 Å². The largest absolute Gasteiger partial charge is 0.493 e. The van der Waals surface area contributed by atoms with Crippen molar-refractivity contribution in [1.82, 2.24) is 9.88 Å². The summed E-state index contributed by atoms with van der Waals surface area (Å²) in [5.41, 5.74) is 8.17. The number of hydrogen-bond donors (Lipinski definition) is 1. The van der Waals surface area contributed by atoms with Crippen LogP contribution in [0.3, 0.4) is 0 Å². The van der Waals surface area contributed by atoms with E-state index in [1.165, 1.54) is 35.6 Å². The van der Waals surface area contributed by atoms with E-state index < -0.39 is 11.9 Å². The fraction of sp³-hybridized carbons (Fsp3) is 0.182. The summed E-state index contributed by atoms with van der Waals surface area (Å²) in [7, 11) is 1.43. The molecule has 0 aliphatic rings. The maximum atomic E-state index is 14.1. The maximum Gasteiger partial charge on any atom is 0.251 e. The quantitative estimate of drug-likeness (QED) is 0.247. The average molecular weight is 507 g/mol. The molecule has 0 fully saturated rings. The second kappa shape index (κ2) is 10.5. The minimum Gasteiger partial charge on any atom is -0.493 e. The molecule has 5 heteroatoms. The van der Waals surface area contributed by atoms with E-state index in [0.29, 0.717) is 11.1 Å². The van der Waals surface area contributed by atoms with Crippen LogP contribution in [0.25, 0.3) is 22.0 Å². The van der Waals surface area contributed by atoms with E-state index in [0.717, 1.165) is 23.0 Å². The van der Waals surface area contributed by atoms with Gasteiger partial charge < -0.3 is 14.6 Å². The maximum absolute atomic E-state index is 14.1. The Hall–Kier alpha value is -4.38. The molecule has 1 N–H and O–H groups in total. The number of halogens is 1. The van der Waals surface area contributed by atoms with Crippen molar-refractivity contribution in [2.45, 2.75) is 33.4 Å². The van der Waals surface area contributed by atoms with Gasteiger partial charge in [0, 0.05) is 34.3 Å². The molecule has 0 radical (unpaired) electrons. The Labute approximate surface area is 222 Å². The molecule has 5 aromatic rings. The highest BCUT2D eigenvalue weighted by Crippen LogP contribution is 2.30. The molecular formula is C33H31FN2O2. The Morgan fingerprint density at radius 1 is 0.921 bits per heavy atom. The lowest BCUT2D eigenvalue weighted by Crippen LogP contribution is -2.27. The summed E-state index contributed by atoms with van der Waals surface area (Å²) in [6.45, 7) is 6.77. The molecule has 192 valence electrons. The van der Waals surface area contributed by atoms with Crippen molar-refractivity contribution in [1.29, 1.82) is 0 Å². The summed E-state index contributed by atoms with van der Waals surface area (Å²) in [6, 6.07) is 29.1. The van der Waals surface area contributed by atoms with Crippen LogP contribution in [0.2, 0.25) is 0 Å². The van der Waals surface area contributed by atoms with Crippen LogP contribution in [0.5, 0.6) is 5.75 Å². The number of nitrogens with zero attached hydrogens (tertiary/aromatic N) is 1. The summed E-state index contributed by atoms with van der Waals surface area (Å²) in [6.07, 6.45) is 0. The fourth-order valence-corrected chi connectivity index (χ4v) is 5.05. The lowest BCUT2D eigenvalue weighted by molar-refractivity contribution is 0.0939. The number of rotatable bonds is 7. The summed E-state index contributed by atoms with van der Waals surface area (Å²) in [5, 5.41) is 4.03. The minimum atomic E-state index is -0.449. The number of methoxy groups -OCH3 is 1. The van der Waals surface area contributed by atoms with Gasteiger partial charge in [-0.3, -0.25) is 4.79 Å². The Morgan fingerprint density at radius 3 is 2.34 bits per heavy atom. The number of fused-ring (bicyclic) bond motifs is 1. The van der Waals surface area contributed by atoms with Crippen LogP contribution in [0, 0.1) is 19.7 Å². The molecule has 0 bridgehead atoms. The topological polar surface area (TPSA) is 43.3 Å². The first-order valence-electron chi connectivity index (χ1n) is 12.7. The Balaban J connectivity index is 1.38. The zero-order valence-electron chi connectivity index (χ0n) is 22.1. The van der Waals surface area contributed by atoms with E-state index in [-0.39, 0.29) is 11.7 Å². The number of carbonyl (C=O) groups excluding carboxylic acids is 1. The molecule has 1 aromatic heterocycles. The number of ether oxygens (including phenoxy) is 1. The first-order chi connectivity index (χ1) is 18.4. The molecule has 0 saturated carbocycles. The molecule has 0 saturated heterocycles. The first kappa shape index (κ1) is 25.3. The Morgan fingerprint density at radius 2 is 1.63 bits per heavy atom. The van der Waals surface area contributed by atoms with Crippen LogP contribution in [0.1, 0.15) is 45.7 Å². The highest BCUT2D eigenvalue weighted by molar-refractivity contribution is 5.99. The summed E-state index contributed by atoms with van der Waals surface area (Å²) < 4.78 is 21.7. The van der Waals surface area contributed by atoms with Gasteiger partial charge in [-0.1, -0.05) is 66.7 Å². The van der Waals surface area contributed by atoms with Crippen LogP contribution in [-0.4, -0.2) is 17.6 Å². The third kappa shape index (κ3) is 4.80. The van der Waals surface area contributed by atoms with Gasteiger partial charge in [-0.2, -0.15) is 0 Å². The van der Waals surface area contributed by atoms with Crippen molar-refractivity contribution in [3.05, 3.63) is 125 Å². The van der Waals surface area contributed by atoms with E-state index in [1.807, 2.05) is 31.2 Å². The molecule has 0 aliphatic heterocycles. The summed E-state index contributed by atoms with van der Waals surface area (Å²) in [5.74, 6) is -0.516. The number of nitrogens with one attached hydrogen (secondary N) is 1. The molecule has 0 aliphatic carbocycles. The van der Waals surface area contributed by atoms with Crippen molar-refractivity contribution >= 4 is 16.8 Å². The number of carbonyl (C=O) groups is 1. The molecule has 5 rings (SSSR count). The molecule has 1 amide bonds. The van der Waals surface area contributed by atoms with Gasteiger partial charge in [0.25, 0.3) is 5.91 Å². The highest BCUT2D eigenvalue weighted by atomic mass is 19.1. The average Bonchev–Trinajstić information content (AvgIpc) is 3.18. The zero-order chi connectivity index (χ0) is 26.8. The SMILES string of the molecule is COc1c(F)cccc1[C@H](C)NC(=O)c1ccc2c(c1)c(C)c(C)n2Cc1ccc(-c2ccccc2)cc1. The van der Waals surface area contributed by atoms with Gasteiger partial charge in [-0.05, 0) is 67.3 Å². The van der Waals surface area contributed by atoms with Crippen LogP contribution in [0.4, 0.5) is 4.39 Å². The normalized spacial score (nSPS) is 11.9. The molecular weight excluding hydrogens is 475 g/mol. The monoisotopic (exact) mass is 506 g/mol. The Bertz CT molecular complexity index is 1600. The van der Waals surface area contributed by atoms with Crippen molar-refractivity contribution in [3.8, 4) is 16.9 Å². The lowest BCUT2D eigenvalue weighted by atomic mass is 10.0. The summed E-state index contributed by atoms with van der Waals surface area (Å²) in [4.78, 5) is 13.1. The highest BCUT2D eigenvalue weighted by Gasteiger charge is 2.19. The number of aromatic nitrogens is 1. The van der Waals surface area contributed by atoms with Crippen molar-refractivity contribution in [2.24, 2.45) is 0 Å². The second-order valence-electron chi connectivity index (χ2n) is 9.65. The third-order valence-electron chi connectivity index (χ3n) is 7.32. The predicted molar refractivity (Wildman–Crippen MR) is 151 cm³/mol. The van der Waals surface area contributed by atoms with E-state index in [9.17, 15) is 9.18 Å². The number of aryl methyl sites for hydroxylation is 1. The van der Waals surface area contributed by atoms with Crippen molar-refractivity contribution < 1.29 is 13.9 Å². The molecule has 0 spiro atoms. The second-order valence-corrected chi connectivity index (χ2v) is 9.65. The lowest BCUT2D eigenvalue weighted by Gasteiger charge is -2.18. The minimum absolute atomic E-state index is 0.149. The standard InChI is InChI=1S/C33H31FN2O2/c1-21-23(3)36(20-24-13-15-26(16-14-24)25-9-6-5-7-10-25)31-18-17-27(19-29(21)31)33(37)35-22(2)28-11-8-12-30(34)32(28)38-4/h5-19,22H,20H2,1-4H3,(H,35,37)/t22-/m0/s1. The van der Waals surface area contributed by atoms with Gasteiger partial charge in [-0.15, -0.1) is 0 Å². The van der Waals surface area contributed by atoms with E-state index in [2.05, 4.69) is 72.3 Å². The van der Waals surface area contributed by atoms with E-state index in [4.69, 9.17) is 4.74 Å². The van der Waals surface area contributed by atoms with Crippen LogP contribution < -0.4 is 10.1 Å². The fourth-order valence-electron chi connectivity index (χ4n) is 5.05. The van der Waals surface area contributed by atoms with Crippen LogP contribution in [0.15, 0.2) is 91.0 Å². The molecule has 1 heterocycles. The molecule has 38 heavy (non-hydrogen) atoms. The number of para-hydroxylation sites is 1. The van der Waals surface area contributed by atoms with E-state index >= 15 is 0 Å². The van der Waals surface area contributed by atoms with Crippen molar-refractivity contribution in [3.63, 3.8) is 0 Å². The molecule has 4 nitrogen and oxygen atoms in total. The Kier molecular flexibility index (Phi) is 7.01. The van der Waals surface area contributed by atoms with Gasteiger partial charge in [0.15, 0.2) is 11.6 Å². The van der Waals surface area contributed by atoms with Gasteiger partial charge >= 0.3 is 0 Å². The zero-order valence-corrected chi connectivity index (χ0v) is 22.1. The smallest absolute Gasteiger partial charge is 0.251 e. The van der Waals surface area contributed by atoms with Gasteiger partial charge in [0.2, 0.25) is 0 Å². The predicted octanol–water partition coefficient (Wildman–Crippen LogP) is 7.61. The summed E-state index contributed by atoms with van der Waals surface area (Å²) >= 11 is 0. The van der Waals surface area contributed by atoms with Gasteiger partial charge in [0.1, 0.15) is 0 Å².